The van der Waals surface area contributed by atoms with E-state index in [0.717, 1.165) is 10.0 Å². The fourth-order valence-electron chi connectivity index (χ4n) is 2.07. The molecule has 0 aromatic heterocycles. The van der Waals surface area contributed by atoms with E-state index in [4.69, 9.17) is 9.84 Å². The van der Waals surface area contributed by atoms with Crippen LogP contribution in [-0.2, 0) is 4.74 Å². The van der Waals surface area contributed by atoms with Gasteiger partial charge in [0, 0.05) is 10.2 Å². The van der Waals surface area contributed by atoms with Crippen LogP contribution in [0, 0.1) is 6.92 Å². The molecular formula is C13H18BrNO5. The molecular weight excluding hydrogens is 330 g/mol. The molecule has 1 fully saturated rings. The average molecular weight is 348 g/mol. The molecule has 1 aliphatic rings. The van der Waals surface area contributed by atoms with Crippen molar-refractivity contribution in [3.05, 3.63) is 28.2 Å². The van der Waals surface area contributed by atoms with Crippen molar-refractivity contribution >= 4 is 21.6 Å². The number of hydrogen-bond acceptors (Lipinski definition) is 6. The first-order valence-corrected chi connectivity index (χ1v) is 7.06. The van der Waals surface area contributed by atoms with E-state index in [9.17, 15) is 15.3 Å². The van der Waals surface area contributed by atoms with Crippen LogP contribution >= 0.6 is 15.9 Å². The third-order valence-electron chi connectivity index (χ3n) is 3.37. The van der Waals surface area contributed by atoms with E-state index >= 15 is 0 Å². The first-order valence-electron chi connectivity index (χ1n) is 6.27. The van der Waals surface area contributed by atoms with E-state index < -0.39 is 37.3 Å². The first kappa shape index (κ1) is 15.7. The van der Waals surface area contributed by atoms with Crippen LogP contribution in [0.5, 0.6) is 0 Å². The Balaban J connectivity index is 2.13. The van der Waals surface area contributed by atoms with Crippen LogP contribution in [0.1, 0.15) is 5.56 Å². The second-order valence-electron chi connectivity index (χ2n) is 4.86. The molecule has 5 atom stereocenters. The predicted octanol–water partition coefficient (Wildman–Crippen LogP) is -0.0307. The first-order chi connectivity index (χ1) is 9.43. The van der Waals surface area contributed by atoms with Gasteiger partial charge in [0.25, 0.3) is 0 Å². The van der Waals surface area contributed by atoms with Crippen molar-refractivity contribution in [3.8, 4) is 0 Å². The van der Waals surface area contributed by atoms with Crippen molar-refractivity contribution in [3.63, 3.8) is 0 Å². The fourth-order valence-corrected chi connectivity index (χ4v) is 2.45. The van der Waals surface area contributed by atoms with Crippen molar-refractivity contribution in [1.82, 2.24) is 0 Å². The number of anilines is 1. The van der Waals surface area contributed by atoms with Gasteiger partial charge in [-0.3, -0.25) is 0 Å². The van der Waals surface area contributed by atoms with Crippen molar-refractivity contribution in [2.24, 2.45) is 0 Å². The number of nitrogens with one attached hydrogen (secondary N) is 1. The predicted molar refractivity (Wildman–Crippen MR) is 76.3 cm³/mol. The van der Waals surface area contributed by atoms with Crippen LogP contribution in [0.4, 0.5) is 5.69 Å². The second-order valence-corrected chi connectivity index (χ2v) is 5.71. The van der Waals surface area contributed by atoms with Gasteiger partial charge in [-0.25, -0.2) is 0 Å². The number of hydrogen-bond donors (Lipinski definition) is 5. The lowest BCUT2D eigenvalue weighted by Crippen LogP contribution is -2.60. The molecule has 2 rings (SSSR count). The van der Waals surface area contributed by atoms with E-state index in [2.05, 4.69) is 21.2 Å². The zero-order valence-electron chi connectivity index (χ0n) is 10.9. The summed E-state index contributed by atoms with van der Waals surface area (Å²) >= 11 is 3.40. The lowest BCUT2D eigenvalue weighted by Gasteiger charge is -2.40. The van der Waals surface area contributed by atoms with Crippen LogP contribution in [0.15, 0.2) is 22.7 Å². The lowest BCUT2D eigenvalue weighted by molar-refractivity contribution is -0.221. The summed E-state index contributed by atoms with van der Waals surface area (Å²) in [7, 11) is 0. The highest BCUT2D eigenvalue weighted by Crippen LogP contribution is 2.25. The van der Waals surface area contributed by atoms with Crippen molar-refractivity contribution < 1.29 is 25.2 Å². The van der Waals surface area contributed by atoms with E-state index in [0.29, 0.717) is 5.69 Å². The van der Waals surface area contributed by atoms with Crippen LogP contribution in [0.3, 0.4) is 0 Å². The van der Waals surface area contributed by atoms with Gasteiger partial charge in [0.15, 0.2) is 6.23 Å². The maximum atomic E-state index is 9.92. The highest BCUT2D eigenvalue weighted by molar-refractivity contribution is 9.10. The summed E-state index contributed by atoms with van der Waals surface area (Å²) in [5.41, 5.74) is 1.75. The monoisotopic (exact) mass is 347 g/mol. The molecule has 0 radical (unpaired) electrons. The molecule has 6 nitrogen and oxygen atoms in total. The van der Waals surface area contributed by atoms with Gasteiger partial charge < -0.3 is 30.5 Å². The number of aryl methyl sites for hydroxylation is 1. The smallest absolute Gasteiger partial charge is 0.157 e. The summed E-state index contributed by atoms with van der Waals surface area (Å²) in [5.74, 6) is 0. The second kappa shape index (κ2) is 6.38. The summed E-state index contributed by atoms with van der Waals surface area (Å²) in [6.07, 6.45) is -5.86. The maximum Gasteiger partial charge on any atom is 0.157 e. The summed E-state index contributed by atoms with van der Waals surface area (Å²) in [4.78, 5) is 0. The van der Waals surface area contributed by atoms with Crippen molar-refractivity contribution in [2.75, 3.05) is 11.9 Å². The average Bonchev–Trinajstić information content (AvgIpc) is 2.43. The Bertz CT molecular complexity index is 470. The summed E-state index contributed by atoms with van der Waals surface area (Å²) in [6, 6.07) is 5.51. The van der Waals surface area contributed by atoms with Crippen molar-refractivity contribution in [2.45, 2.75) is 37.6 Å². The summed E-state index contributed by atoms with van der Waals surface area (Å²) in [5, 5.41) is 41.4. The Hall–Kier alpha value is -0.700. The van der Waals surface area contributed by atoms with E-state index in [1.807, 2.05) is 25.1 Å². The van der Waals surface area contributed by atoms with Crippen molar-refractivity contribution in [1.29, 1.82) is 0 Å². The standard InChI is InChI=1S/C13H18BrNO5/c1-6-2-3-7(4-8(6)14)15-13-12(19)11(18)10(17)9(5-16)20-13/h2-4,9-13,15-19H,5H2,1H3/t9-,10+,11+,12+,13-/m0/s1. The molecule has 1 aliphatic heterocycles. The number of aliphatic hydroxyl groups is 4. The third kappa shape index (κ3) is 3.13. The Labute approximate surface area is 125 Å². The topological polar surface area (TPSA) is 102 Å². The number of aliphatic hydroxyl groups excluding tert-OH is 4. The molecule has 5 N–H and O–H groups in total. The minimum Gasteiger partial charge on any atom is -0.394 e. The molecule has 1 aromatic rings. The number of ether oxygens (including phenoxy) is 1. The quantitative estimate of drug-likeness (QED) is 0.526. The zero-order chi connectivity index (χ0) is 14.9. The van der Waals surface area contributed by atoms with Gasteiger partial charge in [-0.2, -0.15) is 0 Å². The van der Waals surface area contributed by atoms with E-state index in [-0.39, 0.29) is 0 Å². The summed E-state index contributed by atoms with van der Waals surface area (Å²) < 4.78 is 6.26. The SMILES string of the molecule is Cc1ccc(N[C@H]2O[C@@H](CO)[C@@H](O)[C@@H](O)[C@H]2O)cc1Br. The van der Waals surface area contributed by atoms with Gasteiger partial charge in [-0.05, 0) is 24.6 Å². The van der Waals surface area contributed by atoms with Gasteiger partial charge in [0.2, 0.25) is 0 Å². The Morgan fingerprint density at radius 3 is 2.50 bits per heavy atom. The van der Waals surface area contributed by atoms with Gasteiger partial charge in [-0.1, -0.05) is 22.0 Å². The van der Waals surface area contributed by atoms with E-state index in [1.165, 1.54) is 0 Å². The van der Waals surface area contributed by atoms with Gasteiger partial charge in [0.05, 0.1) is 6.61 Å². The molecule has 1 heterocycles. The molecule has 0 aliphatic carbocycles. The van der Waals surface area contributed by atoms with Crippen LogP contribution in [0.2, 0.25) is 0 Å². The molecule has 0 bridgehead atoms. The molecule has 0 spiro atoms. The highest BCUT2D eigenvalue weighted by atomic mass is 79.9. The fraction of sp³-hybridized carbons (Fsp3) is 0.538. The van der Waals surface area contributed by atoms with Gasteiger partial charge >= 0.3 is 0 Å². The molecule has 112 valence electrons. The molecule has 20 heavy (non-hydrogen) atoms. The normalized spacial score (nSPS) is 34.0. The zero-order valence-corrected chi connectivity index (χ0v) is 12.5. The Morgan fingerprint density at radius 2 is 1.90 bits per heavy atom. The molecule has 0 unspecified atom stereocenters. The molecule has 1 aromatic carbocycles. The largest absolute Gasteiger partial charge is 0.394 e. The van der Waals surface area contributed by atoms with E-state index in [1.54, 1.807) is 0 Å². The highest BCUT2D eigenvalue weighted by Gasteiger charge is 2.43. The van der Waals surface area contributed by atoms with Gasteiger partial charge in [0.1, 0.15) is 24.4 Å². The molecule has 1 saturated heterocycles. The number of rotatable bonds is 3. The minimum absolute atomic E-state index is 0.444. The van der Waals surface area contributed by atoms with Gasteiger partial charge in [-0.15, -0.1) is 0 Å². The minimum atomic E-state index is -1.38. The summed E-state index contributed by atoms with van der Waals surface area (Å²) in [6.45, 7) is 1.50. The Kier molecular flexibility index (Phi) is 5.00. The third-order valence-corrected chi connectivity index (χ3v) is 4.23. The Morgan fingerprint density at radius 1 is 1.20 bits per heavy atom. The molecule has 0 saturated carbocycles. The molecule has 7 heteroatoms. The number of halogens is 1. The maximum absolute atomic E-state index is 9.92. The number of benzene rings is 1. The van der Waals surface area contributed by atoms with Crippen LogP contribution < -0.4 is 5.32 Å². The van der Waals surface area contributed by atoms with Crippen LogP contribution in [0.25, 0.3) is 0 Å². The van der Waals surface area contributed by atoms with Crippen LogP contribution in [-0.4, -0.2) is 57.7 Å². The molecule has 0 amide bonds. The lowest BCUT2D eigenvalue weighted by atomic mass is 9.98.